The van der Waals surface area contributed by atoms with Crippen molar-refractivity contribution in [1.82, 2.24) is 15.0 Å². The van der Waals surface area contributed by atoms with Gasteiger partial charge in [-0.2, -0.15) is 0 Å². The minimum absolute atomic E-state index is 0.605. The van der Waals surface area contributed by atoms with E-state index in [1.165, 1.54) is 0 Å². The highest BCUT2D eigenvalue weighted by atomic mass is 16.4. The summed E-state index contributed by atoms with van der Waals surface area (Å²) in [6, 6.07) is 26.3. The average molecular weight is 470 g/mol. The highest BCUT2D eigenvalue weighted by Gasteiger charge is 2.12. The Hall–Kier alpha value is -4.77. The summed E-state index contributed by atoms with van der Waals surface area (Å²) in [5, 5.41) is 0. The number of aryl methyl sites for hydroxylation is 1. The minimum atomic E-state index is 0.605. The van der Waals surface area contributed by atoms with Gasteiger partial charge in [0.25, 0.3) is 0 Å². The molecule has 36 heavy (non-hydrogen) atoms. The van der Waals surface area contributed by atoms with Crippen molar-refractivity contribution in [1.29, 1.82) is 0 Å². The van der Waals surface area contributed by atoms with E-state index in [2.05, 4.69) is 45.3 Å². The molecule has 0 radical (unpaired) electrons. The molecule has 0 saturated carbocycles. The third kappa shape index (κ3) is 4.12. The molecule has 0 N–H and O–H groups in total. The third-order valence-corrected chi connectivity index (χ3v) is 6.07. The first-order chi connectivity index (χ1) is 17.7. The van der Waals surface area contributed by atoms with Crippen LogP contribution < -0.4 is 0 Å². The summed E-state index contributed by atoms with van der Waals surface area (Å²) >= 11 is 0. The molecule has 0 saturated heterocycles. The van der Waals surface area contributed by atoms with Gasteiger partial charge in [0.05, 0.1) is 5.69 Å². The molecule has 0 aliphatic carbocycles. The van der Waals surface area contributed by atoms with Crippen molar-refractivity contribution in [3.63, 3.8) is 0 Å². The van der Waals surface area contributed by atoms with Crippen molar-refractivity contribution >= 4 is 17.2 Å². The molecule has 3 aromatic heterocycles. The van der Waals surface area contributed by atoms with Crippen molar-refractivity contribution in [3.8, 4) is 45.2 Å². The molecule has 3 aromatic carbocycles. The second kappa shape index (κ2) is 9.12. The summed E-state index contributed by atoms with van der Waals surface area (Å²) in [6.07, 6.45) is 7.63. The Morgan fingerprint density at radius 3 is 1.92 bits per heavy atom. The third-order valence-electron chi connectivity index (χ3n) is 6.07. The fourth-order valence-electron chi connectivity index (χ4n) is 4.25. The van der Waals surface area contributed by atoms with Gasteiger partial charge in [0.15, 0.2) is 5.58 Å². The topological polar surface area (TPSA) is 65.0 Å². The second-order valence-corrected chi connectivity index (χ2v) is 8.58. The zero-order chi connectivity index (χ0) is 24.5. The van der Waals surface area contributed by atoms with Gasteiger partial charge in [-0.15, -0.1) is 0 Å². The van der Waals surface area contributed by atoms with Crippen LogP contribution in [0.5, 0.6) is 0 Å². The quantitative estimate of drug-likeness (QED) is 0.254. The van der Waals surface area contributed by atoms with Crippen LogP contribution in [0.2, 0.25) is 0 Å². The van der Waals surface area contributed by atoms with Crippen LogP contribution in [0.15, 0.2) is 106 Å². The number of hydrogen-bond donors (Lipinski definition) is 0. The number of hydrogen-bond acceptors (Lipinski definition) is 5. The van der Waals surface area contributed by atoms with Gasteiger partial charge in [-0.25, -0.2) is 9.97 Å². The van der Waals surface area contributed by atoms with Gasteiger partial charge in [-0.05, 0) is 73.5 Å². The normalized spacial score (nSPS) is 11.5. The van der Waals surface area contributed by atoms with E-state index < -0.39 is 0 Å². The number of rotatable bonds is 5. The Balaban J connectivity index is 1.34. The van der Waals surface area contributed by atoms with E-state index >= 15 is 0 Å². The molecule has 0 aliphatic heterocycles. The Morgan fingerprint density at radius 2 is 1.25 bits per heavy atom. The zero-order valence-corrected chi connectivity index (χ0v) is 20.0. The van der Waals surface area contributed by atoms with Crippen LogP contribution in [-0.4, -0.2) is 15.0 Å². The minimum Gasteiger partial charge on any atom is -0.436 e. The van der Waals surface area contributed by atoms with Crippen molar-refractivity contribution in [2.75, 3.05) is 0 Å². The number of allylic oxidation sites excluding steroid dienone is 1. The molecule has 0 unspecified atom stereocenters. The van der Waals surface area contributed by atoms with Gasteiger partial charge >= 0.3 is 0 Å². The largest absolute Gasteiger partial charge is 0.436 e. The number of aromatic nitrogens is 3. The average Bonchev–Trinajstić information content (AvgIpc) is 3.53. The Bertz CT molecular complexity index is 1690. The zero-order valence-electron chi connectivity index (χ0n) is 20.0. The van der Waals surface area contributed by atoms with Gasteiger partial charge < -0.3 is 8.83 Å². The molecule has 0 amide bonds. The molecular formula is C31H23N3O2. The first-order valence-electron chi connectivity index (χ1n) is 11.8. The lowest BCUT2D eigenvalue weighted by molar-refractivity contribution is 0.563. The number of pyridine rings is 1. The first kappa shape index (κ1) is 21.7. The summed E-state index contributed by atoms with van der Waals surface area (Å²) in [6.45, 7) is 3.92. The monoisotopic (exact) mass is 469 g/mol. The van der Waals surface area contributed by atoms with E-state index in [1.54, 1.807) is 0 Å². The number of nitrogens with zero attached hydrogens (tertiary/aromatic N) is 3. The summed E-state index contributed by atoms with van der Waals surface area (Å²) in [5.41, 5.74) is 8.45. The Morgan fingerprint density at radius 1 is 0.639 bits per heavy atom. The molecular weight excluding hydrogens is 446 g/mol. The lowest BCUT2D eigenvalue weighted by atomic mass is 9.99. The van der Waals surface area contributed by atoms with Crippen molar-refractivity contribution in [2.24, 2.45) is 0 Å². The summed E-state index contributed by atoms with van der Waals surface area (Å²) in [7, 11) is 0. The molecule has 6 aromatic rings. The molecule has 3 heterocycles. The summed E-state index contributed by atoms with van der Waals surface area (Å²) in [5.74, 6) is 1.99. The lowest BCUT2D eigenvalue weighted by Gasteiger charge is -2.07. The Labute approximate surface area is 208 Å². The van der Waals surface area contributed by atoms with E-state index in [0.29, 0.717) is 11.8 Å². The maximum atomic E-state index is 5.97. The molecule has 0 spiro atoms. The van der Waals surface area contributed by atoms with Crippen LogP contribution in [0, 0.1) is 6.92 Å². The molecule has 0 bridgehead atoms. The van der Waals surface area contributed by atoms with Crippen LogP contribution in [0.25, 0.3) is 62.3 Å². The van der Waals surface area contributed by atoms with E-state index in [4.69, 9.17) is 8.83 Å². The molecule has 5 nitrogen and oxygen atoms in total. The van der Waals surface area contributed by atoms with Crippen molar-refractivity contribution < 1.29 is 8.83 Å². The molecule has 5 heteroatoms. The first-order valence-corrected chi connectivity index (χ1v) is 11.8. The SMILES string of the molecule is CC=Cc1oc(-c2cccc(-c3cncc(-c4cccc(-c5nc6ccccc6o5)c4)c3)c2)nc1C. The highest BCUT2D eigenvalue weighted by Crippen LogP contribution is 2.32. The predicted octanol–water partition coefficient (Wildman–Crippen LogP) is 8.22. The molecule has 174 valence electrons. The van der Waals surface area contributed by atoms with Gasteiger partial charge in [0.1, 0.15) is 11.3 Å². The molecule has 6 rings (SSSR count). The van der Waals surface area contributed by atoms with Crippen LogP contribution in [-0.2, 0) is 0 Å². The second-order valence-electron chi connectivity index (χ2n) is 8.58. The molecule has 0 fully saturated rings. The lowest BCUT2D eigenvalue weighted by Crippen LogP contribution is -1.86. The highest BCUT2D eigenvalue weighted by molar-refractivity contribution is 5.79. The van der Waals surface area contributed by atoms with Crippen LogP contribution in [0.4, 0.5) is 0 Å². The standard InChI is InChI=1S/C31H23N3O2/c1-3-8-28-20(2)33-30(35-28)23-11-6-9-21(15-23)25-17-26(19-32-18-25)22-10-7-12-24(16-22)31-34-27-13-4-5-14-29(27)36-31/h3-19H,1-2H3. The maximum absolute atomic E-state index is 5.97. The summed E-state index contributed by atoms with van der Waals surface area (Å²) in [4.78, 5) is 13.8. The van der Waals surface area contributed by atoms with Crippen LogP contribution in [0.3, 0.4) is 0 Å². The predicted molar refractivity (Wildman–Crippen MR) is 143 cm³/mol. The van der Waals surface area contributed by atoms with Crippen molar-refractivity contribution in [2.45, 2.75) is 13.8 Å². The van der Waals surface area contributed by atoms with Gasteiger partial charge in [0, 0.05) is 34.6 Å². The van der Waals surface area contributed by atoms with Gasteiger partial charge in [-0.3, -0.25) is 4.98 Å². The van der Waals surface area contributed by atoms with E-state index in [-0.39, 0.29) is 0 Å². The van der Waals surface area contributed by atoms with Gasteiger partial charge in [0.2, 0.25) is 11.8 Å². The fourth-order valence-corrected chi connectivity index (χ4v) is 4.25. The number of oxazole rings is 2. The number of fused-ring (bicyclic) bond motifs is 1. The number of para-hydroxylation sites is 2. The van der Waals surface area contributed by atoms with E-state index in [1.807, 2.05) is 86.9 Å². The maximum Gasteiger partial charge on any atom is 0.227 e. The van der Waals surface area contributed by atoms with E-state index in [0.717, 1.165) is 55.9 Å². The van der Waals surface area contributed by atoms with Crippen LogP contribution >= 0.6 is 0 Å². The van der Waals surface area contributed by atoms with Gasteiger partial charge in [-0.1, -0.05) is 42.5 Å². The van der Waals surface area contributed by atoms with Crippen LogP contribution in [0.1, 0.15) is 18.4 Å². The van der Waals surface area contributed by atoms with Crippen molar-refractivity contribution in [3.05, 3.63) is 109 Å². The Kier molecular flexibility index (Phi) is 5.51. The van der Waals surface area contributed by atoms with E-state index in [9.17, 15) is 0 Å². The fraction of sp³-hybridized carbons (Fsp3) is 0.0645. The number of benzene rings is 3. The molecule has 0 atom stereocenters. The smallest absolute Gasteiger partial charge is 0.227 e. The summed E-state index contributed by atoms with van der Waals surface area (Å²) < 4.78 is 11.9. The molecule has 0 aliphatic rings.